The van der Waals surface area contributed by atoms with Crippen LogP contribution in [0.15, 0.2) is 29.7 Å². The van der Waals surface area contributed by atoms with Crippen LogP contribution in [0.3, 0.4) is 0 Å². The van der Waals surface area contributed by atoms with Crippen LogP contribution in [0.2, 0.25) is 0 Å². The number of nitrogens with zero attached hydrogens (tertiary/aromatic N) is 5. The molecule has 2 rings (SSSR count). The molecule has 9 heteroatoms. The summed E-state index contributed by atoms with van der Waals surface area (Å²) in [7, 11) is 1.64. The summed E-state index contributed by atoms with van der Waals surface area (Å²) >= 11 is 0. The van der Waals surface area contributed by atoms with Gasteiger partial charge < -0.3 is 5.32 Å². The Labute approximate surface area is 124 Å². The van der Waals surface area contributed by atoms with E-state index in [1.165, 1.54) is 10.5 Å². The molecule has 0 aliphatic heterocycles. The summed E-state index contributed by atoms with van der Waals surface area (Å²) in [6, 6.07) is 0. The highest BCUT2D eigenvalue weighted by Gasteiger charge is 2.23. The number of rotatable bonds is 7. The van der Waals surface area contributed by atoms with E-state index in [-0.39, 0.29) is 11.4 Å². The van der Waals surface area contributed by atoms with Gasteiger partial charge in [-0.2, -0.15) is 14.5 Å². The van der Waals surface area contributed by atoms with Gasteiger partial charge >= 0.3 is 0 Å². The summed E-state index contributed by atoms with van der Waals surface area (Å²) in [6.45, 7) is 1.63. The van der Waals surface area contributed by atoms with Gasteiger partial charge in [0.15, 0.2) is 0 Å². The smallest absolute Gasteiger partial charge is 0.246 e. The Kier molecular flexibility index (Phi) is 4.76. The molecule has 21 heavy (non-hydrogen) atoms. The molecular formula is C12H20N6O2S. The molecular weight excluding hydrogens is 292 g/mol. The SMILES string of the molecule is CNCCn1cc(S(=O)(=O)N(C)Cc2cnn(C)c2)cn1. The van der Waals surface area contributed by atoms with Crippen molar-refractivity contribution >= 4 is 10.0 Å². The molecule has 116 valence electrons. The number of hydrogen-bond acceptors (Lipinski definition) is 5. The molecule has 8 nitrogen and oxygen atoms in total. The van der Waals surface area contributed by atoms with E-state index in [0.29, 0.717) is 6.54 Å². The third-order valence-corrected chi connectivity index (χ3v) is 4.83. The zero-order valence-electron chi connectivity index (χ0n) is 12.4. The lowest BCUT2D eigenvalue weighted by atomic mass is 10.4. The lowest BCUT2D eigenvalue weighted by Crippen LogP contribution is -2.26. The lowest BCUT2D eigenvalue weighted by Gasteiger charge is -2.14. The summed E-state index contributed by atoms with van der Waals surface area (Å²) in [4.78, 5) is 0.199. The zero-order chi connectivity index (χ0) is 15.5. The van der Waals surface area contributed by atoms with Crippen molar-refractivity contribution in [2.75, 3.05) is 20.6 Å². The minimum absolute atomic E-state index is 0.199. The van der Waals surface area contributed by atoms with E-state index in [1.54, 1.807) is 42.0 Å². The van der Waals surface area contributed by atoms with Crippen LogP contribution in [0, 0.1) is 0 Å². The first-order valence-electron chi connectivity index (χ1n) is 6.54. The molecule has 0 aliphatic carbocycles. The molecule has 2 aromatic heterocycles. The minimum Gasteiger partial charge on any atom is -0.318 e. The molecule has 2 heterocycles. The van der Waals surface area contributed by atoms with Crippen LogP contribution in [0.25, 0.3) is 0 Å². The summed E-state index contributed by atoms with van der Waals surface area (Å²) in [5.74, 6) is 0. The standard InChI is InChI=1S/C12H20N6O2S/c1-13-4-5-18-10-12(7-15-18)21(19,20)17(3)9-11-6-14-16(2)8-11/h6-8,10,13H,4-5,9H2,1-3H3. The maximum Gasteiger partial charge on any atom is 0.246 e. The van der Waals surface area contributed by atoms with Gasteiger partial charge in [-0.1, -0.05) is 0 Å². The number of aromatic nitrogens is 4. The van der Waals surface area contributed by atoms with Gasteiger partial charge in [-0.25, -0.2) is 8.42 Å². The van der Waals surface area contributed by atoms with Gasteiger partial charge in [0.25, 0.3) is 0 Å². The van der Waals surface area contributed by atoms with Crippen LogP contribution >= 0.6 is 0 Å². The normalized spacial score (nSPS) is 12.2. The van der Waals surface area contributed by atoms with Crippen LogP contribution in [-0.2, 0) is 30.2 Å². The second kappa shape index (κ2) is 6.37. The van der Waals surface area contributed by atoms with E-state index in [0.717, 1.165) is 12.1 Å². The third kappa shape index (κ3) is 3.69. The molecule has 0 atom stereocenters. The number of sulfonamides is 1. The fourth-order valence-corrected chi connectivity index (χ4v) is 3.02. The fourth-order valence-electron chi connectivity index (χ4n) is 1.90. The highest BCUT2D eigenvalue weighted by molar-refractivity contribution is 7.89. The lowest BCUT2D eigenvalue weighted by molar-refractivity contribution is 0.466. The largest absolute Gasteiger partial charge is 0.318 e. The van der Waals surface area contributed by atoms with Gasteiger partial charge in [0.1, 0.15) is 4.90 Å². The van der Waals surface area contributed by atoms with Gasteiger partial charge in [0.2, 0.25) is 10.0 Å². The van der Waals surface area contributed by atoms with Crippen LogP contribution < -0.4 is 5.32 Å². The van der Waals surface area contributed by atoms with E-state index in [4.69, 9.17) is 0 Å². The molecule has 0 amide bonds. The van der Waals surface area contributed by atoms with Gasteiger partial charge in [-0.15, -0.1) is 0 Å². The second-order valence-corrected chi connectivity index (χ2v) is 6.87. The molecule has 0 fully saturated rings. The number of aryl methyl sites for hydroxylation is 1. The number of nitrogens with one attached hydrogen (secondary N) is 1. The monoisotopic (exact) mass is 312 g/mol. The summed E-state index contributed by atoms with van der Waals surface area (Å²) in [6.07, 6.45) is 6.38. The first kappa shape index (κ1) is 15.7. The molecule has 0 aromatic carbocycles. The molecule has 0 radical (unpaired) electrons. The maximum atomic E-state index is 12.5. The van der Waals surface area contributed by atoms with Gasteiger partial charge in [-0.3, -0.25) is 9.36 Å². The average molecular weight is 312 g/mol. The average Bonchev–Trinajstić information content (AvgIpc) is 3.06. The highest BCUT2D eigenvalue weighted by Crippen LogP contribution is 2.15. The predicted molar refractivity (Wildman–Crippen MR) is 78.0 cm³/mol. The highest BCUT2D eigenvalue weighted by atomic mass is 32.2. The van der Waals surface area contributed by atoms with Crippen molar-refractivity contribution in [2.45, 2.75) is 18.0 Å². The molecule has 0 saturated carbocycles. The summed E-state index contributed by atoms with van der Waals surface area (Å²) in [5, 5.41) is 11.1. The molecule has 0 bridgehead atoms. The van der Waals surface area contributed by atoms with Gasteiger partial charge in [-0.05, 0) is 7.05 Å². The second-order valence-electron chi connectivity index (χ2n) is 4.83. The molecule has 2 aromatic rings. The Morgan fingerprint density at radius 3 is 2.67 bits per heavy atom. The molecule has 1 N–H and O–H groups in total. The van der Waals surface area contributed by atoms with Crippen LogP contribution in [0.5, 0.6) is 0 Å². The number of hydrogen-bond donors (Lipinski definition) is 1. The quantitative estimate of drug-likeness (QED) is 0.756. The molecule has 0 spiro atoms. The summed E-state index contributed by atoms with van der Waals surface area (Å²) in [5.41, 5.74) is 0.839. The minimum atomic E-state index is -3.54. The Morgan fingerprint density at radius 2 is 2.05 bits per heavy atom. The Balaban J connectivity index is 2.11. The van der Waals surface area contributed by atoms with Crippen molar-refractivity contribution in [2.24, 2.45) is 7.05 Å². The van der Waals surface area contributed by atoms with E-state index in [1.807, 2.05) is 7.05 Å². The Hall–Kier alpha value is -1.71. The topological polar surface area (TPSA) is 85.0 Å². The first-order valence-corrected chi connectivity index (χ1v) is 7.98. The molecule has 0 unspecified atom stereocenters. The predicted octanol–water partition coefficient (Wildman–Crippen LogP) is -0.343. The van der Waals surface area contributed by atoms with E-state index < -0.39 is 10.0 Å². The third-order valence-electron chi connectivity index (χ3n) is 3.07. The fraction of sp³-hybridized carbons (Fsp3) is 0.500. The van der Waals surface area contributed by atoms with Crippen molar-refractivity contribution in [1.82, 2.24) is 29.2 Å². The van der Waals surface area contributed by atoms with Crippen molar-refractivity contribution in [3.05, 3.63) is 30.4 Å². The molecule has 0 aliphatic rings. The van der Waals surface area contributed by atoms with Crippen molar-refractivity contribution in [3.8, 4) is 0 Å². The van der Waals surface area contributed by atoms with Crippen molar-refractivity contribution < 1.29 is 8.42 Å². The van der Waals surface area contributed by atoms with Crippen LogP contribution in [0.1, 0.15) is 5.56 Å². The van der Waals surface area contributed by atoms with Crippen molar-refractivity contribution in [1.29, 1.82) is 0 Å². The Bertz CT molecular complexity index is 690. The van der Waals surface area contributed by atoms with Crippen LogP contribution in [-0.4, -0.2) is 52.9 Å². The van der Waals surface area contributed by atoms with Crippen molar-refractivity contribution in [3.63, 3.8) is 0 Å². The van der Waals surface area contributed by atoms with Crippen LogP contribution in [0.4, 0.5) is 0 Å². The maximum absolute atomic E-state index is 12.5. The first-order chi connectivity index (χ1) is 9.93. The van der Waals surface area contributed by atoms with E-state index in [9.17, 15) is 8.42 Å². The molecule has 0 saturated heterocycles. The van der Waals surface area contributed by atoms with Gasteiger partial charge in [0, 0.05) is 45.1 Å². The Morgan fingerprint density at radius 1 is 1.29 bits per heavy atom. The van der Waals surface area contributed by atoms with E-state index in [2.05, 4.69) is 15.5 Å². The van der Waals surface area contributed by atoms with E-state index >= 15 is 0 Å². The summed E-state index contributed by atoms with van der Waals surface area (Å²) < 4.78 is 29.5. The zero-order valence-corrected chi connectivity index (χ0v) is 13.2. The number of likely N-dealkylation sites (N-methyl/N-ethyl adjacent to an activating group) is 1. The van der Waals surface area contributed by atoms with Gasteiger partial charge in [0.05, 0.1) is 18.9 Å².